The number of hydrogen-bond donors (Lipinski definition) is 2. The average molecular weight is 374 g/mol. The van der Waals surface area contributed by atoms with Crippen LogP contribution in [0.5, 0.6) is 23.0 Å². The lowest BCUT2D eigenvalue weighted by Crippen LogP contribution is -2.12. The molecule has 0 aliphatic carbocycles. The maximum absolute atomic E-state index is 10.2. The third kappa shape index (κ3) is 2.97. The van der Waals surface area contributed by atoms with Gasteiger partial charge in [0.25, 0.3) is 0 Å². The Morgan fingerprint density at radius 1 is 0.857 bits per heavy atom. The lowest BCUT2D eigenvalue weighted by atomic mass is 9.86. The highest BCUT2D eigenvalue weighted by atomic mass is 16.5. The van der Waals surface area contributed by atoms with Gasteiger partial charge in [0, 0.05) is 16.7 Å². The van der Waals surface area contributed by atoms with Gasteiger partial charge in [-0.1, -0.05) is 24.3 Å². The van der Waals surface area contributed by atoms with Crippen molar-refractivity contribution in [3.05, 3.63) is 82.4 Å². The molecular formula is C24H22O4. The van der Waals surface area contributed by atoms with E-state index < -0.39 is 0 Å². The number of phenols is 2. The van der Waals surface area contributed by atoms with E-state index >= 15 is 0 Å². The van der Waals surface area contributed by atoms with Crippen molar-refractivity contribution in [3.8, 4) is 23.0 Å². The first-order valence-corrected chi connectivity index (χ1v) is 9.13. The maximum Gasteiger partial charge on any atom is 0.134 e. The Morgan fingerprint density at radius 3 is 2.25 bits per heavy atom. The lowest BCUT2D eigenvalue weighted by molar-refractivity contribution is 0.357. The van der Waals surface area contributed by atoms with E-state index in [2.05, 4.69) is 0 Å². The first-order valence-electron chi connectivity index (χ1n) is 9.13. The Morgan fingerprint density at radius 2 is 1.57 bits per heavy atom. The van der Waals surface area contributed by atoms with Crippen LogP contribution in [-0.2, 0) is 0 Å². The number of rotatable bonds is 3. The minimum absolute atomic E-state index is 0.212. The Bertz CT molecular complexity index is 1080. The summed E-state index contributed by atoms with van der Waals surface area (Å²) in [6.45, 7) is 4.07. The smallest absolute Gasteiger partial charge is 0.134 e. The monoisotopic (exact) mass is 374 g/mol. The second-order valence-corrected chi connectivity index (χ2v) is 6.96. The molecule has 1 aliphatic heterocycles. The average Bonchev–Trinajstić information content (AvgIpc) is 2.72. The third-order valence-corrected chi connectivity index (χ3v) is 5.25. The summed E-state index contributed by atoms with van der Waals surface area (Å²) in [5.41, 5.74) is 6.40. The van der Waals surface area contributed by atoms with Crippen molar-refractivity contribution in [1.82, 2.24) is 0 Å². The molecule has 1 aliphatic rings. The molecule has 1 heterocycles. The van der Waals surface area contributed by atoms with Crippen molar-refractivity contribution in [1.29, 1.82) is 0 Å². The van der Waals surface area contributed by atoms with Crippen LogP contribution in [0.4, 0.5) is 0 Å². The summed E-state index contributed by atoms with van der Waals surface area (Å²) < 4.78 is 11.3. The number of hydrogen-bond acceptors (Lipinski definition) is 4. The van der Waals surface area contributed by atoms with Crippen molar-refractivity contribution in [3.63, 3.8) is 0 Å². The van der Waals surface area contributed by atoms with Gasteiger partial charge in [0.2, 0.25) is 0 Å². The van der Waals surface area contributed by atoms with Crippen LogP contribution in [0.3, 0.4) is 0 Å². The zero-order chi connectivity index (χ0) is 19.8. The van der Waals surface area contributed by atoms with Crippen molar-refractivity contribution in [2.24, 2.45) is 0 Å². The van der Waals surface area contributed by atoms with E-state index in [1.165, 1.54) is 0 Å². The summed E-state index contributed by atoms with van der Waals surface area (Å²) in [5.74, 6) is 1.94. The van der Waals surface area contributed by atoms with Crippen molar-refractivity contribution >= 4 is 11.1 Å². The largest absolute Gasteiger partial charge is 0.508 e. The van der Waals surface area contributed by atoms with Gasteiger partial charge in [0.05, 0.1) is 7.11 Å². The quantitative estimate of drug-likeness (QED) is 0.672. The molecule has 0 amide bonds. The molecule has 4 heteroatoms. The summed E-state index contributed by atoms with van der Waals surface area (Å²) in [6.07, 6.45) is 0. The zero-order valence-electron chi connectivity index (χ0n) is 16.1. The molecule has 0 spiro atoms. The van der Waals surface area contributed by atoms with E-state index in [1.54, 1.807) is 19.2 Å². The highest BCUT2D eigenvalue weighted by Gasteiger charge is 2.25. The zero-order valence-corrected chi connectivity index (χ0v) is 16.1. The molecule has 4 rings (SSSR count). The van der Waals surface area contributed by atoms with Crippen molar-refractivity contribution < 1.29 is 19.7 Å². The van der Waals surface area contributed by atoms with Gasteiger partial charge in [-0.25, -0.2) is 0 Å². The van der Waals surface area contributed by atoms with E-state index in [0.717, 1.165) is 39.1 Å². The predicted octanol–water partition coefficient (Wildman–Crippen LogP) is 5.07. The number of benzene rings is 3. The highest BCUT2D eigenvalue weighted by molar-refractivity contribution is 6.02. The summed E-state index contributed by atoms with van der Waals surface area (Å²) in [5, 5.41) is 20.3. The molecule has 0 bridgehead atoms. The van der Waals surface area contributed by atoms with Crippen LogP contribution in [0, 0.1) is 13.8 Å². The molecule has 4 nitrogen and oxygen atoms in total. The van der Waals surface area contributed by atoms with Gasteiger partial charge in [-0.2, -0.15) is 0 Å². The normalized spacial score (nSPS) is 13.1. The van der Waals surface area contributed by atoms with Gasteiger partial charge in [-0.15, -0.1) is 0 Å². The molecule has 0 radical (unpaired) electrons. The van der Waals surface area contributed by atoms with E-state index in [1.807, 2.05) is 56.3 Å². The van der Waals surface area contributed by atoms with Crippen LogP contribution in [0.1, 0.15) is 27.8 Å². The minimum atomic E-state index is 0.212. The molecule has 142 valence electrons. The lowest BCUT2D eigenvalue weighted by Gasteiger charge is -2.27. The predicted molar refractivity (Wildman–Crippen MR) is 110 cm³/mol. The summed E-state index contributed by atoms with van der Waals surface area (Å²) in [6, 6.07) is 17.1. The molecule has 3 aromatic carbocycles. The molecule has 3 aromatic rings. The van der Waals surface area contributed by atoms with E-state index in [9.17, 15) is 10.2 Å². The molecule has 0 saturated heterocycles. The van der Waals surface area contributed by atoms with Gasteiger partial charge >= 0.3 is 0 Å². The molecule has 0 saturated carbocycles. The van der Waals surface area contributed by atoms with E-state index in [0.29, 0.717) is 17.9 Å². The fourth-order valence-electron chi connectivity index (χ4n) is 3.56. The maximum atomic E-state index is 10.2. The van der Waals surface area contributed by atoms with Crippen LogP contribution in [0.25, 0.3) is 11.1 Å². The van der Waals surface area contributed by atoms with Crippen molar-refractivity contribution in [2.45, 2.75) is 13.8 Å². The molecule has 0 unspecified atom stereocenters. The molecule has 0 atom stereocenters. The summed E-state index contributed by atoms with van der Waals surface area (Å²) in [4.78, 5) is 0. The van der Waals surface area contributed by atoms with Gasteiger partial charge in [0.15, 0.2) is 0 Å². The van der Waals surface area contributed by atoms with Gasteiger partial charge < -0.3 is 19.7 Å². The first kappa shape index (κ1) is 18.0. The Hall–Kier alpha value is -3.40. The first-order chi connectivity index (χ1) is 13.5. The standard InChI is InChI=1S/C24H22O4/c1-14-4-5-17(12-22(14)26)20-13-28-24-15(2)21(25)11-10-19(24)23(20)16-6-8-18(27-3)9-7-16/h4-12,25-26H,13H2,1-3H3. The van der Waals surface area contributed by atoms with Crippen molar-refractivity contribution in [2.75, 3.05) is 13.7 Å². The minimum Gasteiger partial charge on any atom is -0.508 e. The van der Waals surface area contributed by atoms with Gasteiger partial charge in [-0.05, 0) is 66.4 Å². The Balaban J connectivity index is 1.99. The molecule has 28 heavy (non-hydrogen) atoms. The van der Waals surface area contributed by atoms with Crippen LogP contribution < -0.4 is 9.47 Å². The van der Waals surface area contributed by atoms with E-state index in [-0.39, 0.29) is 11.5 Å². The van der Waals surface area contributed by atoms with Crippen LogP contribution in [-0.4, -0.2) is 23.9 Å². The van der Waals surface area contributed by atoms with Gasteiger partial charge in [-0.3, -0.25) is 0 Å². The van der Waals surface area contributed by atoms with E-state index in [4.69, 9.17) is 9.47 Å². The molecule has 2 N–H and O–H groups in total. The highest BCUT2D eigenvalue weighted by Crippen LogP contribution is 2.45. The summed E-state index contributed by atoms with van der Waals surface area (Å²) >= 11 is 0. The Labute approximate surface area is 164 Å². The molecule has 0 fully saturated rings. The second-order valence-electron chi connectivity index (χ2n) is 6.96. The van der Waals surface area contributed by atoms with Gasteiger partial charge in [0.1, 0.15) is 29.6 Å². The summed E-state index contributed by atoms with van der Waals surface area (Å²) in [7, 11) is 1.64. The number of phenolic OH excluding ortho intramolecular Hbond substituents is 2. The number of aromatic hydroxyl groups is 2. The SMILES string of the molecule is COc1ccc(C2=C(c3ccc(C)c(O)c3)COc3c2ccc(O)c3C)cc1. The number of aryl methyl sites for hydroxylation is 1. The number of methoxy groups -OCH3 is 1. The molecular weight excluding hydrogens is 352 g/mol. The second kappa shape index (κ2) is 6.97. The number of fused-ring (bicyclic) bond motifs is 1. The van der Waals surface area contributed by atoms with Crippen LogP contribution >= 0.6 is 0 Å². The number of ether oxygens (including phenoxy) is 2. The van der Waals surface area contributed by atoms with Crippen LogP contribution in [0.15, 0.2) is 54.6 Å². The fourth-order valence-corrected chi connectivity index (χ4v) is 3.56. The molecule has 0 aromatic heterocycles. The topological polar surface area (TPSA) is 58.9 Å². The fraction of sp³-hybridized carbons (Fsp3) is 0.167. The third-order valence-electron chi connectivity index (χ3n) is 5.25. The Kier molecular flexibility index (Phi) is 4.47. The van der Waals surface area contributed by atoms with Crippen LogP contribution in [0.2, 0.25) is 0 Å².